The van der Waals surface area contributed by atoms with Crippen molar-refractivity contribution in [1.29, 1.82) is 0 Å². The molecule has 0 saturated heterocycles. The van der Waals surface area contributed by atoms with Crippen LogP contribution in [0, 0.1) is 0 Å². The molecular weight excluding hydrogens is 100 g/mol. The summed E-state index contributed by atoms with van der Waals surface area (Å²) in [7, 11) is 0. The summed E-state index contributed by atoms with van der Waals surface area (Å²) < 4.78 is 66.3. The molecular formula is C3H8O2S. The van der Waals surface area contributed by atoms with E-state index in [4.69, 9.17) is 14.1 Å². The molecule has 0 aromatic rings. The topological polar surface area (TPSA) is 37.3 Å². The highest BCUT2D eigenvalue weighted by atomic mass is 32.2. The van der Waals surface area contributed by atoms with E-state index in [9.17, 15) is 4.21 Å². The quantitative estimate of drug-likeness (QED) is 0.508. The first-order chi connectivity index (χ1) is 5.44. The van der Waals surface area contributed by atoms with Gasteiger partial charge in [0.2, 0.25) is 0 Å². The van der Waals surface area contributed by atoms with Gasteiger partial charge in [-0.25, -0.2) is 4.21 Å². The molecule has 38 valence electrons. The lowest BCUT2D eigenvalue weighted by Gasteiger charge is -1.90. The van der Waals surface area contributed by atoms with Crippen molar-refractivity contribution in [2.75, 3.05) is 0 Å². The third-order valence-corrected chi connectivity index (χ3v) is 0.524. The van der Waals surface area contributed by atoms with E-state index in [1.807, 2.05) is 0 Å². The second kappa shape index (κ2) is 2.31. The SMILES string of the molecule is [2H]C([2H])([2H])C([2H])(S(=O)O)C([2H])([2H])[2H]. The van der Waals surface area contributed by atoms with Crippen molar-refractivity contribution in [3.8, 4) is 0 Å². The Morgan fingerprint density at radius 3 is 2.67 bits per heavy atom. The average molecular weight is 115 g/mol. The van der Waals surface area contributed by atoms with Gasteiger partial charge in [-0.2, -0.15) is 0 Å². The molecule has 0 radical (unpaired) electrons. The number of rotatable bonds is 1. The van der Waals surface area contributed by atoms with Gasteiger partial charge in [-0.15, -0.1) is 0 Å². The Hall–Kier alpha value is 0.110. The number of hydrogen-bond donors (Lipinski definition) is 1. The molecule has 0 saturated carbocycles. The summed E-state index contributed by atoms with van der Waals surface area (Å²) in [4.78, 5) is 0. The molecule has 0 spiro atoms. The van der Waals surface area contributed by atoms with Gasteiger partial charge in [0.25, 0.3) is 0 Å². The highest BCUT2D eigenvalue weighted by Crippen LogP contribution is 1.85. The van der Waals surface area contributed by atoms with Crippen molar-refractivity contribution in [2.24, 2.45) is 0 Å². The molecule has 1 N–H and O–H groups in total. The fourth-order valence-electron chi connectivity index (χ4n) is 0. The summed E-state index contributed by atoms with van der Waals surface area (Å²) in [6.07, 6.45) is 0. The Morgan fingerprint density at radius 1 is 2.17 bits per heavy atom. The largest absolute Gasteiger partial charge is 0.306 e. The van der Waals surface area contributed by atoms with E-state index in [0.717, 1.165) is 0 Å². The highest BCUT2D eigenvalue weighted by Gasteiger charge is 1.95. The van der Waals surface area contributed by atoms with Crippen LogP contribution in [0.3, 0.4) is 0 Å². The maximum Gasteiger partial charge on any atom is 0.155 e. The Labute approximate surface area is 49.7 Å². The van der Waals surface area contributed by atoms with Crippen LogP contribution >= 0.6 is 0 Å². The molecule has 0 bridgehead atoms. The Kier molecular flexibility index (Phi) is 0.419. The van der Waals surface area contributed by atoms with Crippen LogP contribution in [0.2, 0.25) is 0 Å². The van der Waals surface area contributed by atoms with Crippen LogP contribution in [0.4, 0.5) is 0 Å². The van der Waals surface area contributed by atoms with E-state index in [2.05, 4.69) is 0 Å². The van der Waals surface area contributed by atoms with Crippen LogP contribution in [0.1, 0.15) is 23.3 Å². The Bertz CT molecular complexity index is 203. The highest BCUT2D eigenvalue weighted by molar-refractivity contribution is 7.79. The molecule has 1 unspecified atom stereocenters. The molecule has 0 aromatic heterocycles. The average Bonchev–Trinajstić information content (AvgIpc) is 1.80. The minimum Gasteiger partial charge on any atom is -0.306 e. The van der Waals surface area contributed by atoms with Crippen LogP contribution in [-0.2, 0) is 11.1 Å². The van der Waals surface area contributed by atoms with Crippen molar-refractivity contribution >= 4 is 11.1 Å². The van der Waals surface area contributed by atoms with Crippen LogP contribution in [0.25, 0.3) is 0 Å². The molecule has 0 aliphatic heterocycles. The van der Waals surface area contributed by atoms with Crippen LogP contribution in [0.5, 0.6) is 0 Å². The summed E-state index contributed by atoms with van der Waals surface area (Å²) >= 11 is -3.27. The summed E-state index contributed by atoms with van der Waals surface area (Å²) in [5.74, 6) is 0. The van der Waals surface area contributed by atoms with Gasteiger partial charge in [0.15, 0.2) is 11.1 Å². The molecule has 0 fully saturated rings. The van der Waals surface area contributed by atoms with Crippen molar-refractivity contribution in [3.63, 3.8) is 0 Å². The van der Waals surface area contributed by atoms with Crippen LogP contribution < -0.4 is 0 Å². The first-order valence-electron chi connectivity index (χ1n) is 4.55. The molecule has 0 aliphatic carbocycles. The molecule has 0 rings (SSSR count). The minimum absolute atomic E-state index is 3.27. The smallest absolute Gasteiger partial charge is 0.155 e. The van der Waals surface area contributed by atoms with Crippen molar-refractivity contribution < 1.29 is 18.4 Å². The van der Waals surface area contributed by atoms with Gasteiger partial charge >= 0.3 is 0 Å². The van der Waals surface area contributed by atoms with E-state index in [1.165, 1.54) is 0 Å². The summed E-state index contributed by atoms with van der Waals surface area (Å²) in [5.41, 5.74) is 0. The zero-order chi connectivity index (χ0) is 11.1. The molecule has 0 heterocycles. The molecule has 3 heteroatoms. The first kappa shape index (κ1) is 1.09. The van der Waals surface area contributed by atoms with Gasteiger partial charge < -0.3 is 4.55 Å². The van der Waals surface area contributed by atoms with Crippen LogP contribution in [0.15, 0.2) is 0 Å². The van der Waals surface area contributed by atoms with E-state index < -0.39 is 30.0 Å². The predicted octanol–water partition coefficient (Wildman–Crippen LogP) is 0.617. The molecule has 0 amide bonds. The lowest BCUT2D eigenvalue weighted by Crippen LogP contribution is -2.01. The predicted molar refractivity (Wildman–Crippen MR) is 25.9 cm³/mol. The van der Waals surface area contributed by atoms with Gasteiger partial charge in [-0.3, -0.25) is 0 Å². The summed E-state index contributed by atoms with van der Waals surface area (Å²) in [6.45, 7) is -6.67. The summed E-state index contributed by atoms with van der Waals surface area (Å²) in [6, 6.07) is 0. The lowest BCUT2D eigenvalue weighted by atomic mass is 10.6. The minimum atomic E-state index is -3.35. The molecule has 0 aliphatic rings. The normalized spacial score (nSPS) is 38.5. The monoisotopic (exact) mass is 115 g/mol. The van der Waals surface area contributed by atoms with Crippen molar-refractivity contribution in [2.45, 2.75) is 18.9 Å². The first-order valence-corrected chi connectivity index (χ1v) is 2.16. The van der Waals surface area contributed by atoms with Gasteiger partial charge in [-0.05, 0) is 13.7 Å². The second-order valence-corrected chi connectivity index (χ2v) is 1.48. The van der Waals surface area contributed by atoms with Gasteiger partial charge in [-0.1, -0.05) is 0 Å². The summed E-state index contributed by atoms with van der Waals surface area (Å²) in [5, 5.41) is -3.35. The zero-order valence-electron chi connectivity index (χ0n) is 9.76. The Morgan fingerprint density at radius 2 is 2.67 bits per heavy atom. The fraction of sp³-hybridized carbons (Fsp3) is 1.00. The molecule has 1 atom stereocenters. The van der Waals surface area contributed by atoms with Crippen molar-refractivity contribution in [1.82, 2.24) is 0 Å². The number of hydrogen-bond acceptors (Lipinski definition) is 1. The van der Waals surface area contributed by atoms with E-state index >= 15 is 0 Å². The van der Waals surface area contributed by atoms with Crippen LogP contribution in [-0.4, -0.2) is 14.0 Å². The van der Waals surface area contributed by atoms with Gasteiger partial charge in [0, 0.05) is 9.60 Å². The van der Waals surface area contributed by atoms with E-state index in [0.29, 0.717) is 0 Å². The molecule has 0 aromatic carbocycles. The molecule has 2 nitrogen and oxygen atoms in total. The fourth-order valence-corrected chi connectivity index (χ4v) is 0. The van der Waals surface area contributed by atoms with Crippen molar-refractivity contribution in [3.05, 3.63) is 0 Å². The maximum atomic E-state index is 10.5. The lowest BCUT2D eigenvalue weighted by molar-refractivity contribution is 0.555. The van der Waals surface area contributed by atoms with E-state index in [-0.39, 0.29) is 0 Å². The van der Waals surface area contributed by atoms with E-state index in [1.54, 1.807) is 0 Å². The standard InChI is InChI=1S/C3H8O2S/c1-3(2)6(4)5/h3H,1-2H3,(H,4,5)/i1D3,2D3,3D. The second-order valence-electron chi connectivity index (χ2n) is 0.578. The third kappa shape index (κ3) is 2.35. The zero-order valence-corrected chi connectivity index (χ0v) is 3.58. The Balaban J connectivity index is 5.35. The van der Waals surface area contributed by atoms with Gasteiger partial charge in [0.05, 0.1) is 5.23 Å². The maximum absolute atomic E-state index is 10.5. The molecule has 6 heavy (non-hydrogen) atoms. The third-order valence-electron chi connectivity index (χ3n) is 0.175. The van der Waals surface area contributed by atoms with Gasteiger partial charge in [0.1, 0.15) is 0 Å².